The second-order valence-electron chi connectivity index (χ2n) is 7.21. The molecule has 29 heavy (non-hydrogen) atoms. The molecule has 2 heterocycles. The van der Waals surface area contributed by atoms with Gasteiger partial charge in [-0.3, -0.25) is 9.69 Å². The molecular weight excluding hydrogens is 410 g/mol. The van der Waals surface area contributed by atoms with Gasteiger partial charge in [0.05, 0.1) is 19.0 Å². The van der Waals surface area contributed by atoms with Gasteiger partial charge in [0.25, 0.3) is 5.91 Å². The molecule has 9 heteroatoms. The summed E-state index contributed by atoms with van der Waals surface area (Å²) in [5.41, 5.74) is 0.474. The zero-order valence-corrected chi connectivity index (χ0v) is 15.8. The third-order valence-corrected chi connectivity index (χ3v) is 5.17. The van der Waals surface area contributed by atoms with Crippen molar-refractivity contribution in [3.8, 4) is 0 Å². The lowest BCUT2D eigenvalue weighted by Gasteiger charge is -2.35. The normalized spacial score (nSPS) is 21.3. The van der Waals surface area contributed by atoms with E-state index in [0.29, 0.717) is 16.7 Å². The van der Waals surface area contributed by atoms with Crippen LogP contribution in [0.1, 0.15) is 11.1 Å². The fraction of sp³-hybridized carbons (Fsp3) is 0.300. The zero-order valence-electron chi connectivity index (χ0n) is 15.1. The molecule has 1 fully saturated rings. The van der Waals surface area contributed by atoms with Crippen molar-refractivity contribution in [1.82, 2.24) is 9.91 Å². The van der Waals surface area contributed by atoms with Crippen LogP contribution in [0.4, 0.5) is 17.6 Å². The maximum atomic E-state index is 14.7. The van der Waals surface area contributed by atoms with Gasteiger partial charge in [0.15, 0.2) is 0 Å². The molecule has 2 aromatic rings. The highest BCUT2D eigenvalue weighted by molar-refractivity contribution is 6.30. The van der Waals surface area contributed by atoms with Crippen LogP contribution in [0.25, 0.3) is 0 Å². The number of piperidine rings is 1. The highest BCUT2D eigenvalue weighted by Gasteiger charge is 2.53. The van der Waals surface area contributed by atoms with Gasteiger partial charge in [0, 0.05) is 24.2 Å². The first-order valence-corrected chi connectivity index (χ1v) is 9.29. The number of hydrazone groups is 1. The van der Waals surface area contributed by atoms with Gasteiger partial charge in [0.2, 0.25) is 0 Å². The van der Waals surface area contributed by atoms with Gasteiger partial charge in [-0.25, -0.2) is 13.8 Å². The second-order valence-corrected chi connectivity index (χ2v) is 7.65. The number of rotatable bonds is 4. The van der Waals surface area contributed by atoms with Crippen LogP contribution in [0.3, 0.4) is 0 Å². The topological polar surface area (TPSA) is 35.9 Å². The Morgan fingerprint density at radius 1 is 1.03 bits per heavy atom. The number of halogens is 5. The van der Waals surface area contributed by atoms with E-state index >= 15 is 0 Å². The van der Waals surface area contributed by atoms with Gasteiger partial charge in [-0.2, -0.15) is 13.9 Å². The fourth-order valence-electron chi connectivity index (χ4n) is 3.68. The van der Waals surface area contributed by atoms with Crippen LogP contribution in [0.5, 0.6) is 0 Å². The third-order valence-electron chi connectivity index (χ3n) is 4.92. The number of nitrogens with zero attached hydrogens (tertiary/aromatic N) is 3. The van der Waals surface area contributed by atoms with Crippen LogP contribution >= 0.6 is 11.6 Å². The van der Waals surface area contributed by atoms with Crippen molar-refractivity contribution in [1.29, 1.82) is 0 Å². The SMILES string of the molecule is O=C1C2CN(Cc3cc(F)cc(F)c3)CC(F)(F)C2=NN1Cc1ccc(Cl)cc1. The van der Waals surface area contributed by atoms with Crippen molar-refractivity contribution in [3.63, 3.8) is 0 Å². The van der Waals surface area contributed by atoms with Crippen molar-refractivity contribution in [3.05, 3.63) is 70.2 Å². The molecule has 4 nitrogen and oxygen atoms in total. The summed E-state index contributed by atoms with van der Waals surface area (Å²) in [5.74, 6) is -6.50. The number of alkyl halides is 2. The fourth-order valence-corrected chi connectivity index (χ4v) is 3.81. The van der Waals surface area contributed by atoms with Crippen LogP contribution in [-0.2, 0) is 17.9 Å². The highest BCUT2D eigenvalue weighted by Crippen LogP contribution is 2.35. The van der Waals surface area contributed by atoms with Crippen molar-refractivity contribution in [2.75, 3.05) is 13.1 Å². The van der Waals surface area contributed by atoms with Crippen molar-refractivity contribution >= 4 is 23.2 Å². The molecule has 0 radical (unpaired) electrons. The summed E-state index contributed by atoms with van der Waals surface area (Å²) in [6.45, 7) is -0.718. The Morgan fingerprint density at radius 2 is 1.69 bits per heavy atom. The molecule has 1 unspecified atom stereocenters. The Hall–Kier alpha value is -2.45. The van der Waals surface area contributed by atoms with Gasteiger partial charge >= 0.3 is 5.92 Å². The molecule has 1 amide bonds. The standard InChI is InChI=1S/C20H16ClF4N3O/c21-14-3-1-12(2-4-14)9-28-19(29)17-10-27(11-20(24,25)18(17)26-28)8-13-5-15(22)7-16(23)6-13/h1-7,17H,8-11H2. The minimum atomic E-state index is -3.32. The molecule has 0 saturated carbocycles. The van der Waals surface area contributed by atoms with E-state index in [0.717, 1.165) is 17.1 Å². The van der Waals surface area contributed by atoms with Crippen molar-refractivity contribution < 1.29 is 22.4 Å². The Labute approximate surface area is 169 Å². The van der Waals surface area contributed by atoms with E-state index in [9.17, 15) is 22.4 Å². The minimum absolute atomic E-state index is 0.00249. The van der Waals surface area contributed by atoms with E-state index in [1.54, 1.807) is 24.3 Å². The zero-order chi connectivity index (χ0) is 20.8. The van der Waals surface area contributed by atoms with E-state index < -0.39 is 41.6 Å². The third kappa shape index (κ3) is 4.13. The van der Waals surface area contributed by atoms with Crippen molar-refractivity contribution in [2.24, 2.45) is 11.0 Å². The Balaban J connectivity index is 1.52. The lowest BCUT2D eigenvalue weighted by atomic mass is 9.92. The predicted molar refractivity (Wildman–Crippen MR) is 99.5 cm³/mol. The monoisotopic (exact) mass is 425 g/mol. The largest absolute Gasteiger partial charge is 0.300 e. The lowest BCUT2D eigenvalue weighted by Crippen LogP contribution is -2.54. The Morgan fingerprint density at radius 3 is 2.34 bits per heavy atom. The first-order valence-electron chi connectivity index (χ1n) is 8.91. The van der Waals surface area contributed by atoms with E-state index in [4.69, 9.17) is 11.6 Å². The molecule has 4 rings (SSSR count). The average molecular weight is 426 g/mol. The van der Waals surface area contributed by atoms with E-state index in [2.05, 4.69) is 5.10 Å². The first kappa shape index (κ1) is 19.8. The van der Waals surface area contributed by atoms with Gasteiger partial charge in [-0.15, -0.1) is 0 Å². The van der Waals surface area contributed by atoms with Gasteiger partial charge in [0.1, 0.15) is 17.3 Å². The van der Waals surface area contributed by atoms with Gasteiger partial charge in [-0.05, 0) is 35.4 Å². The van der Waals surface area contributed by atoms with Gasteiger partial charge < -0.3 is 0 Å². The van der Waals surface area contributed by atoms with Crippen molar-refractivity contribution in [2.45, 2.75) is 19.0 Å². The molecular formula is C20H16ClF4N3O. The number of amides is 1. The van der Waals surface area contributed by atoms with Crippen LogP contribution in [0, 0.1) is 17.6 Å². The van der Waals surface area contributed by atoms with E-state index in [-0.39, 0.29) is 25.2 Å². The molecule has 0 N–H and O–H groups in total. The molecule has 0 aromatic heterocycles. The molecule has 0 aliphatic carbocycles. The second kappa shape index (κ2) is 7.42. The summed E-state index contributed by atoms with van der Waals surface area (Å²) >= 11 is 5.84. The van der Waals surface area contributed by atoms with E-state index in [1.807, 2.05) is 0 Å². The molecule has 2 aromatic carbocycles. The minimum Gasteiger partial charge on any atom is -0.292 e. The van der Waals surface area contributed by atoms with Crippen LogP contribution in [0.2, 0.25) is 5.02 Å². The smallest absolute Gasteiger partial charge is 0.292 e. The first-order chi connectivity index (χ1) is 13.7. The van der Waals surface area contributed by atoms with E-state index in [1.165, 1.54) is 4.90 Å². The summed E-state index contributed by atoms with van der Waals surface area (Å²) in [4.78, 5) is 14.0. The van der Waals surface area contributed by atoms with Crippen LogP contribution < -0.4 is 0 Å². The average Bonchev–Trinajstić information content (AvgIpc) is 2.93. The maximum Gasteiger partial charge on any atom is 0.300 e. The number of benzene rings is 2. The Bertz CT molecular complexity index is 960. The number of likely N-dealkylation sites (tertiary alicyclic amines) is 1. The van der Waals surface area contributed by atoms with Crippen LogP contribution in [-0.4, -0.2) is 40.5 Å². The molecule has 152 valence electrons. The summed E-state index contributed by atoms with van der Waals surface area (Å²) in [6, 6.07) is 9.58. The predicted octanol–water partition coefficient (Wildman–Crippen LogP) is 4.08. The molecule has 0 spiro atoms. The number of hydrogen-bond acceptors (Lipinski definition) is 3. The molecule has 1 saturated heterocycles. The summed E-state index contributed by atoms with van der Waals surface area (Å²) in [5, 5.41) is 5.47. The summed E-state index contributed by atoms with van der Waals surface area (Å²) in [7, 11) is 0. The molecule has 2 aliphatic heterocycles. The molecule has 1 atom stereocenters. The maximum absolute atomic E-state index is 14.7. The Kier molecular flexibility index (Phi) is 5.08. The number of carbonyl (C=O) groups is 1. The quantitative estimate of drug-likeness (QED) is 0.692. The van der Waals surface area contributed by atoms with Gasteiger partial charge in [-0.1, -0.05) is 23.7 Å². The van der Waals surface area contributed by atoms with Crippen LogP contribution in [0.15, 0.2) is 47.6 Å². The summed E-state index contributed by atoms with van der Waals surface area (Å²) < 4.78 is 56.2. The number of fused-ring (bicyclic) bond motifs is 1. The molecule has 2 aliphatic rings. The highest BCUT2D eigenvalue weighted by atomic mass is 35.5. The summed E-state index contributed by atoms with van der Waals surface area (Å²) in [6.07, 6.45) is 0. The lowest BCUT2D eigenvalue weighted by molar-refractivity contribution is -0.133. The molecule has 0 bridgehead atoms. The number of hydrogen-bond donors (Lipinski definition) is 0. The number of carbonyl (C=O) groups excluding carboxylic acids is 1.